The number of H-pyrrole nitrogens is 1. The minimum Gasteiger partial charge on any atom is -0.372 e. The summed E-state index contributed by atoms with van der Waals surface area (Å²) in [6, 6.07) is 0. The first kappa shape index (κ1) is 12.0. The summed E-state index contributed by atoms with van der Waals surface area (Å²) in [5, 5.41) is 9.38. The average molecular weight is 246 g/mol. The molecular formula is C11H14N6O. The van der Waals surface area contributed by atoms with Crippen LogP contribution in [0.5, 0.6) is 0 Å². The first-order valence-electron chi connectivity index (χ1n) is 5.43. The van der Waals surface area contributed by atoms with Gasteiger partial charge in [0.05, 0.1) is 18.6 Å². The lowest BCUT2D eigenvalue weighted by molar-refractivity contribution is 0.0779. The molecule has 2 rings (SSSR count). The van der Waals surface area contributed by atoms with E-state index in [9.17, 15) is 4.79 Å². The molecule has 2 aromatic rings. The van der Waals surface area contributed by atoms with Crippen molar-refractivity contribution in [2.75, 3.05) is 19.4 Å². The predicted molar refractivity (Wildman–Crippen MR) is 66.0 cm³/mol. The highest BCUT2D eigenvalue weighted by atomic mass is 16.2. The van der Waals surface area contributed by atoms with E-state index in [0.29, 0.717) is 18.1 Å². The maximum atomic E-state index is 12.0. The van der Waals surface area contributed by atoms with Crippen LogP contribution >= 0.6 is 0 Å². The minimum atomic E-state index is -0.175. The molecule has 0 aliphatic rings. The molecule has 0 atom stereocenters. The Morgan fingerprint density at radius 3 is 2.78 bits per heavy atom. The molecule has 0 unspecified atom stereocenters. The van der Waals surface area contributed by atoms with Gasteiger partial charge in [-0.25, -0.2) is 9.97 Å². The zero-order chi connectivity index (χ0) is 13.0. The molecule has 0 aliphatic carbocycles. The predicted octanol–water partition coefficient (Wildman–Crippen LogP) is 0.514. The van der Waals surface area contributed by atoms with Gasteiger partial charge in [0.1, 0.15) is 11.5 Å². The molecular weight excluding hydrogens is 232 g/mol. The molecule has 0 bridgehead atoms. The molecule has 0 saturated carbocycles. The number of aromatic nitrogens is 4. The third-order valence-electron chi connectivity index (χ3n) is 2.45. The number of carbonyl (C=O) groups excluding carboxylic acids is 1. The topological polar surface area (TPSA) is 86.8 Å². The molecule has 2 N–H and O–H groups in total. The highest BCUT2D eigenvalue weighted by Gasteiger charge is 2.14. The molecule has 0 spiro atoms. The quantitative estimate of drug-likeness (QED) is 0.821. The number of anilines is 1. The van der Waals surface area contributed by atoms with Gasteiger partial charge in [0, 0.05) is 32.4 Å². The van der Waals surface area contributed by atoms with Crippen molar-refractivity contribution in [3.05, 3.63) is 36.0 Å². The van der Waals surface area contributed by atoms with Crippen molar-refractivity contribution in [1.82, 2.24) is 25.1 Å². The highest BCUT2D eigenvalue weighted by Crippen LogP contribution is 2.06. The molecule has 7 heteroatoms. The Bertz CT molecular complexity index is 507. The van der Waals surface area contributed by atoms with Gasteiger partial charge in [0.15, 0.2) is 0 Å². The van der Waals surface area contributed by atoms with Crippen LogP contribution in [-0.4, -0.2) is 45.1 Å². The van der Waals surface area contributed by atoms with Gasteiger partial charge >= 0.3 is 0 Å². The van der Waals surface area contributed by atoms with E-state index in [1.54, 1.807) is 31.4 Å². The van der Waals surface area contributed by atoms with E-state index in [4.69, 9.17) is 0 Å². The second-order valence-corrected chi connectivity index (χ2v) is 3.80. The van der Waals surface area contributed by atoms with E-state index in [0.717, 1.165) is 5.56 Å². The van der Waals surface area contributed by atoms with Crippen LogP contribution in [0, 0.1) is 0 Å². The second kappa shape index (κ2) is 5.26. The molecule has 94 valence electrons. The Kier molecular flexibility index (Phi) is 3.52. The van der Waals surface area contributed by atoms with E-state index >= 15 is 0 Å². The van der Waals surface area contributed by atoms with E-state index in [1.807, 2.05) is 0 Å². The molecule has 2 aromatic heterocycles. The molecule has 2 heterocycles. The number of nitrogens with one attached hydrogen (secondary N) is 2. The van der Waals surface area contributed by atoms with Gasteiger partial charge in [0.25, 0.3) is 5.91 Å². The second-order valence-electron chi connectivity index (χ2n) is 3.80. The fraction of sp³-hybridized carbons (Fsp3) is 0.273. The number of nitrogens with zero attached hydrogens (tertiary/aromatic N) is 4. The third kappa shape index (κ3) is 2.62. The van der Waals surface area contributed by atoms with Gasteiger partial charge in [-0.2, -0.15) is 5.10 Å². The van der Waals surface area contributed by atoms with E-state index in [-0.39, 0.29) is 5.91 Å². The van der Waals surface area contributed by atoms with Crippen molar-refractivity contribution in [1.29, 1.82) is 0 Å². The first-order valence-corrected chi connectivity index (χ1v) is 5.43. The Morgan fingerprint density at radius 2 is 2.22 bits per heavy atom. The standard InChI is InChI=1S/C11H14N6O/c1-12-10-6-13-9(5-14-10)11(18)17(2)7-8-3-15-16-4-8/h3-6H,7H2,1-2H3,(H,12,14)(H,15,16). The van der Waals surface area contributed by atoms with Crippen LogP contribution in [0.4, 0.5) is 5.82 Å². The molecule has 18 heavy (non-hydrogen) atoms. The molecule has 1 amide bonds. The lowest BCUT2D eigenvalue weighted by Gasteiger charge is -2.15. The van der Waals surface area contributed by atoms with Crippen molar-refractivity contribution in [2.45, 2.75) is 6.54 Å². The number of hydrogen-bond acceptors (Lipinski definition) is 5. The Hall–Kier alpha value is -2.44. The monoisotopic (exact) mass is 246 g/mol. The number of carbonyl (C=O) groups is 1. The third-order valence-corrected chi connectivity index (χ3v) is 2.45. The Labute approximate surface area is 104 Å². The fourth-order valence-corrected chi connectivity index (χ4v) is 1.47. The van der Waals surface area contributed by atoms with Crippen LogP contribution in [-0.2, 0) is 6.54 Å². The summed E-state index contributed by atoms with van der Waals surface area (Å²) in [5.41, 5.74) is 1.26. The van der Waals surface area contributed by atoms with Gasteiger partial charge in [-0.3, -0.25) is 9.89 Å². The SMILES string of the molecule is CNc1cnc(C(=O)N(C)Cc2cn[nH]c2)cn1. The molecule has 0 aliphatic heterocycles. The van der Waals surface area contributed by atoms with Crippen LogP contribution in [0.25, 0.3) is 0 Å². The zero-order valence-electron chi connectivity index (χ0n) is 10.2. The lowest BCUT2D eigenvalue weighted by atomic mass is 10.3. The maximum Gasteiger partial charge on any atom is 0.274 e. The number of rotatable bonds is 4. The van der Waals surface area contributed by atoms with E-state index < -0.39 is 0 Å². The van der Waals surface area contributed by atoms with Crippen LogP contribution in [0.1, 0.15) is 16.1 Å². The first-order chi connectivity index (χ1) is 8.70. The molecule has 0 radical (unpaired) electrons. The number of amides is 1. The van der Waals surface area contributed by atoms with Crippen LogP contribution in [0.15, 0.2) is 24.8 Å². The summed E-state index contributed by atoms with van der Waals surface area (Å²) in [4.78, 5) is 21.7. The maximum absolute atomic E-state index is 12.0. The summed E-state index contributed by atoms with van der Waals surface area (Å²) in [7, 11) is 3.46. The number of hydrogen-bond donors (Lipinski definition) is 2. The zero-order valence-corrected chi connectivity index (χ0v) is 10.2. The van der Waals surface area contributed by atoms with Gasteiger partial charge in [0.2, 0.25) is 0 Å². The van der Waals surface area contributed by atoms with Gasteiger partial charge in [-0.15, -0.1) is 0 Å². The molecule has 0 saturated heterocycles. The average Bonchev–Trinajstić information content (AvgIpc) is 2.91. The van der Waals surface area contributed by atoms with E-state index in [1.165, 1.54) is 12.4 Å². The number of aromatic amines is 1. The smallest absolute Gasteiger partial charge is 0.274 e. The highest BCUT2D eigenvalue weighted by molar-refractivity contribution is 5.91. The molecule has 7 nitrogen and oxygen atoms in total. The Morgan fingerprint density at radius 1 is 1.39 bits per heavy atom. The summed E-state index contributed by atoms with van der Waals surface area (Å²) in [5.74, 6) is 0.454. The van der Waals surface area contributed by atoms with Crippen molar-refractivity contribution in [2.24, 2.45) is 0 Å². The molecule has 0 aromatic carbocycles. The fourth-order valence-electron chi connectivity index (χ4n) is 1.47. The van der Waals surface area contributed by atoms with Crippen molar-refractivity contribution in [3.63, 3.8) is 0 Å². The van der Waals surface area contributed by atoms with Gasteiger partial charge < -0.3 is 10.2 Å². The van der Waals surface area contributed by atoms with Crippen LogP contribution in [0.2, 0.25) is 0 Å². The van der Waals surface area contributed by atoms with Crippen molar-refractivity contribution >= 4 is 11.7 Å². The van der Waals surface area contributed by atoms with Crippen molar-refractivity contribution < 1.29 is 4.79 Å². The minimum absolute atomic E-state index is 0.175. The van der Waals surface area contributed by atoms with Crippen LogP contribution < -0.4 is 5.32 Å². The summed E-state index contributed by atoms with van der Waals surface area (Å²) in [6.07, 6.45) is 6.41. The van der Waals surface area contributed by atoms with Gasteiger partial charge in [-0.1, -0.05) is 0 Å². The summed E-state index contributed by atoms with van der Waals surface area (Å²) in [6.45, 7) is 0.477. The largest absolute Gasteiger partial charge is 0.372 e. The Balaban J connectivity index is 2.05. The van der Waals surface area contributed by atoms with E-state index in [2.05, 4.69) is 25.5 Å². The van der Waals surface area contributed by atoms with Crippen LogP contribution in [0.3, 0.4) is 0 Å². The van der Waals surface area contributed by atoms with Crippen molar-refractivity contribution in [3.8, 4) is 0 Å². The summed E-state index contributed by atoms with van der Waals surface area (Å²) >= 11 is 0. The molecule has 0 fully saturated rings. The lowest BCUT2D eigenvalue weighted by Crippen LogP contribution is -2.27. The summed E-state index contributed by atoms with van der Waals surface area (Å²) < 4.78 is 0. The normalized spacial score (nSPS) is 10.1. The van der Waals surface area contributed by atoms with Gasteiger partial charge in [-0.05, 0) is 0 Å².